The molecule has 8 nitrogen and oxygen atoms in total. The molecule has 1 aromatic heterocycles. The number of fused-ring (bicyclic) bond motifs is 1. The number of benzene rings is 1. The van der Waals surface area contributed by atoms with Crippen LogP contribution in [-0.2, 0) is 6.54 Å². The highest BCUT2D eigenvalue weighted by molar-refractivity contribution is 6.21. The van der Waals surface area contributed by atoms with Gasteiger partial charge < -0.3 is 14.7 Å². The Hall–Kier alpha value is -3.16. The van der Waals surface area contributed by atoms with E-state index in [1.807, 2.05) is 11.9 Å². The highest BCUT2D eigenvalue weighted by Crippen LogP contribution is 2.21. The zero-order chi connectivity index (χ0) is 17.8. The number of carbonyl (C=O) groups excluding carboxylic acids is 2. The van der Waals surface area contributed by atoms with E-state index in [4.69, 9.17) is 4.52 Å². The van der Waals surface area contributed by atoms with Gasteiger partial charge in [0.15, 0.2) is 5.96 Å². The zero-order valence-corrected chi connectivity index (χ0v) is 14.1. The first-order chi connectivity index (χ1) is 12.1. The number of nitrogens with one attached hydrogen (secondary N) is 1. The molecule has 0 bridgehead atoms. The zero-order valence-electron chi connectivity index (χ0n) is 14.1. The summed E-state index contributed by atoms with van der Waals surface area (Å²) in [7, 11) is 3.54. The van der Waals surface area contributed by atoms with E-state index < -0.39 is 0 Å². The number of imide groups is 1. The van der Waals surface area contributed by atoms with E-state index in [1.54, 1.807) is 37.4 Å². The van der Waals surface area contributed by atoms with Gasteiger partial charge in [-0.2, -0.15) is 0 Å². The average Bonchev–Trinajstić information content (AvgIpc) is 3.21. The Labute approximate surface area is 145 Å². The predicted octanol–water partition coefficient (Wildman–Crippen LogP) is 0.978. The van der Waals surface area contributed by atoms with Crippen LogP contribution in [0.4, 0.5) is 0 Å². The smallest absolute Gasteiger partial charge is 0.261 e. The summed E-state index contributed by atoms with van der Waals surface area (Å²) in [4.78, 5) is 32.0. The molecule has 0 spiro atoms. The van der Waals surface area contributed by atoms with E-state index >= 15 is 0 Å². The van der Waals surface area contributed by atoms with Gasteiger partial charge in [0, 0.05) is 33.3 Å². The lowest BCUT2D eigenvalue weighted by Gasteiger charge is -2.22. The lowest BCUT2D eigenvalue weighted by Crippen LogP contribution is -2.43. The minimum absolute atomic E-state index is 0.256. The van der Waals surface area contributed by atoms with Gasteiger partial charge in [-0.05, 0) is 12.1 Å². The molecule has 1 aliphatic rings. The molecule has 25 heavy (non-hydrogen) atoms. The predicted molar refractivity (Wildman–Crippen MR) is 91.1 cm³/mol. The number of hydrogen-bond donors (Lipinski definition) is 1. The van der Waals surface area contributed by atoms with Gasteiger partial charge in [-0.3, -0.25) is 19.5 Å². The average molecular weight is 341 g/mol. The van der Waals surface area contributed by atoms with Crippen LogP contribution in [0.5, 0.6) is 0 Å². The largest absolute Gasteiger partial charge is 0.364 e. The lowest BCUT2D eigenvalue weighted by atomic mass is 10.1. The summed E-state index contributed by atoms with van der Waals surface area (Å²) >= 11 is 0. The molecule has 0 fully saturated rings. The van der Waals surface area contributed by atoms with E-state index in [1.165, 1.54) is 11.2 Å². The Morgan fingerprint density at radius 2 is 1.92 bits per heavy atom. The van der Waals surface area contributed by atoms with Gasteiger partial charge in [0.1, 0.15) is 12.0 Å². The third-order valence-corrected chi connectivity index (χ3v) is 3.96. The molecule has 2 heterocycles. The highest BCUT2D eigenvalue weighted by atomic mass is 16.5. The standard InChI is InChI=1S/C17H19N5O3/c1-18-17(21(2)11-12-7-10-25-20-12)19-8-9-22-15(23)13-5-3-4-6-14(13)16(22)24/h3-7,10H,8-9,11H2,1-2H3,(H,18,19). The second-order valence-electron chi connectivity index (χ2n) is 5.63. The van der Waals surface area contributed by atoms with E-state index in [0.717, 1.165) is 5.69 Å². The van der Waals surface area contributed by atoms with Crippen molar-refractivity contribution in [1.29, 1.82) is 0 Å². The van der Waals surface area contributed by atoms with E-state index in [0.29, 0.717) is 30.2 Å². The molecular formula is C17H19N5O3. The van der Waals surface area contributed by atoms with Crippen molar-refractivity contribution in [2.75, 3.05) is 27.2 Å². The van der Waals surface area contributed by atoms with Crippen molar-refractivity contribution in [2.45, 2.75) is 6.54 Å². The monoisotopic (exact) mass is 341 g/mol. The fraction of sp³-hybridized carbons (Fsp3) is 0.294. The maximum atomic E-state index is 12.3. The summed E-state index contributed by atoms with van der Waals surface area (Å²) in [6.45, 7) is 1.20. The van der Waals surface area contributed by atoms with Crippen LogP contribution in [0.15, 0.2) is 46.1 Å². The topological polar surface area (TPSA) is 91.0 Å². The van der Waals surface area contributed by atoms with Crippen molar-refractivity contribution in [1.82, 2.24) is 20.3 Å². The quantitative estimate of drug-likeness (QED) is 0.495. The summed E-state index contributed by atoms with van der Waals surface area (Å²) in [6, 6.07) is 8.64. The van der Waals surface area contributed by atoms with Crippen molar-refractivity contribution < 1.29 is 14.1 Å². The molecule has 1 N–H and O–H groups in total. The molecule has 0 unspecified atom stereocenters. The van der Waals surface area contributed by atoms with Crippen molar-refractivity contribution in [3.05, 3.63) is 53.4 Å². The fourth-order valence-corrected chi connectivity index (χ4v) is 2.74. The van der Waals surface area contributed by atoms with Gasteiger partial charge in [-0.1, -0.05) is 17.3 Å². The summed E-state index contributed by atoms with van der Waals surface area (Å²) in [6.07, 6.45) is 1.52. The maximum absolute atomic E-state index is 12.3. The molecule has 8 heteroatoms. The summed E-state index contributed by atoms with van der Waals surface area (Å²) < 4.78 is 4.81. The molecule has 0 atom stereocenters. The molecule has 0 aliphatic carbocycles. The van der Waals surface area contributed by atoms with Crippen molar-refractivity contribution in [3.8, 4) is 0 Å². The second-order valence-corrected chi connectivity index (χ2v) is 5.63. The SMILES string of the molecule is CN=C(NCCN1C(=O)c2ccccc2C1=O)N(C)Cc1ccon1. The van der Waals surface area contributed by atoms with Crippen LogP contribution in [0, 0.1) is 0 Å². The van der Waals surface area contributed by atoms with Gasteiger partial charge >= 0.3 is 0 Å². The summed E-state index contributed by atoms with van der Waals surface area (Å²) in [5.74, 6) is 0.126. The molecule has 0 saturated carbocycles. The summed E-state index contributed by atoms with van der Waals surface area (Å²) in [5.41, 5.74) is 1.70. The van der Waals surface area contributed by atoms with Crippen LogP contribution in [-0.4, -0.2) is 59.9 Å². The molecule has 130 valence electrons. The number of amides is 2. The molecule has 1 aliphatic heterocycles. The molecule has 2 aromatic rings. The fourth-order valence-electron chi connectivity index (χ4n) is 2.74. The third-order valence-electron chi connectivity index (χ3n) is 3.96. The first kappa shape index (κ1) is 16.7. The lowest BCUT2D eigenvalue weighted by molar-refractivity contribution is 0.0657. The van der Waals surface area contributed by atoms with Crippen LogP contribution in [0.1, 0.15) is 26.4 Å². The Bertz CT molecular complexity index is 765. The maximum Gasteiger partial charge on any atom is 0.261 e. The van der Waals surface area contributed by atoms with E-state index in [-0.39, 0.29) is 18.4 Å². The third kappa shape index (κ3) is 3.37. The number of nitrogens with zero attached hydrogens (tertiary/aromatic N) is 4. The van der Waals surface area contributed by atoms with Crippen LogP contribution in [0.2, 0.25) is 0 Å². The normalized spacial score (nSPS) is 14.0. The number of rotatable bonds is 5. The Balaban J connectivity index is 1.55. The minimum atomic E-state index is -0.256. The number of carbonyl (C=O) groups is 2. The number of aromatic nitrogens is 1. The minimum Gasteiger partial charge on any atom is -0.364 e. The Morgan fingerprint density at radius 1 is 1.24 bits per heavy atom. The van der Waals surface area contributed by atoms with Crippen molar-refractivity contribution in [3.63, 3.8) is 0 Å². The van der Waals surface area contributed by atoms with E-state index in [2.05, 4.69) is 15.5 Å². The van der Waals surface area contributed by atoms with Crippen LogP contribution in [0.3, 0.4) is 0 Å². The van der Waals surface area contributed by atoms with E-state index in [9.17, 15) is 9.59 Å². The molecule has 0 radical (unpaired) electrons. The molecule has 1 aromatic carbocycles. The first-order valence-electron chi connectivity index (χ1n) is 7.88. The van der Waals surface area contributed by atoms with Crippen LogP contribution in [0.25, 0.3) is 0 Å². The second kappa shape index (κ2) is 7.16. The van der Waals surface area contributed by atoms with Crippen molar-refractivity contribution >= 4 is 17.8 Å². The Kier molecular flexibility index (Phi) is 4.78. The van der Waals surface area contributed by atoms with Gasteiger partial charge in [-0.25, -0.2) is 0 Å². The number of hydrogen-bond acceptors (Lipinski definition) is 5. The molecule has 2 amide bonds. The number of aliphatic imine (C=N–C) groups is 1. The van der Waals surface area contributed by atoms with Crippen LogP contribution >= 0.6 is 0 Å². The van der Waals surface area contributed by atoms with Gasteiger partial charge in [-0.15, -0.1) is 0 Å². The molecular weight excluding hydrogens is 322 g/mol. The highest BCUT2D eigenvalue weighted by Gasteiger charge is 2.34. The number of guanidine groups is 1. The van der Waals surface area contributed by atoms with Crippen LogP contribution < -0.4 is 5.32 Å². The van der Waals surface area contributed by atoms with Gasteiger partial charge in [0.05, 0.1) is 17.7 Å². The molecule has 3 rings (SSSR count). The van der Waals surface area contributed by atoms with Crippen molar-refractivity contribution in [2.24, 2.45) is 4.99 Å². The Morgan fingerprint density at radius 3 is 2.48 bits per heavy atom. The summed E-state index contributed by atoms with van der Waals surface area (Å²) in [5, 5.41) is 7.01. The first-order valence-corrected chi connectivity index (χ1v) is 7.88. The van der Waals surface area contributed by atoms with Gasteiger partial charge in [0.2, 0.25) is 0 Å². The molecule has 0 saturated heterocycles. The van der Waals surface area contributed by atoms with Gasteiger partial charge in [0.25, 0.3) is 11.8 Å².